The van der Waals surface area contributed by atoms with E-state index in [0.29, 0.717) is 0 Å². The predicted molar refractivity (Wildman–Crippen MR) is 62.5 cm³/mol. The number of aromatic nitrogens is 1. The van der Waals surface area contributed by atoms with Gasteiger partial charge in [0, 0.05) is 0 Å². The van der Waals surface area contributed by atoms with Gasteiger partial charge in [0.05, 0.1) is 0 Å². The molecule has 0 fully saturated rings. The number of nitrogens with zero attached hydrogens (tertiary/aromatic N) is 1. The minimum atomic E-state index is -4.47. The molecule has 2 aromatic rings. The Balaban J connectivity index is 2.64. The van der Waals surface area contributed by atoms with Crippen LogP contribution in [0.2, 0.25) is 0 Å². The molecule has 1 atom stereocenters. The van der Waals surface area contributed by atoms with Crippen molar-refractivity contribution in [3.8, 4) is 0 Å². The number of carboxylic acids is 1. The molecule has 102 valence electrons. The van der Waals surface area contributed by atoms with E-state index in [2.05, 4.69) is 0 Å². The Kier molecular flexibility index (Phi) is 3.32. The second-order valence-corrected chi connectivity index (χ2v) is 6.08. The molecule has 8 heteroatoms. The van der Waals surface area contributed by atoms with E-state index < -0.39 is 44.0 Å². The van der Waals surface area contributed by atoms with Gasteiger partial charge in [-0.1, -0.05) is 0 Å². The van der Waals surface area contributed by atoms with Crippen molar-refractivity contribution in [1.82, 2.24) is 3.56 Å². The molecule has 4 nitrogen and oxygen atoms in total. The predicted octanol–water partition coefficient (Wildman–Crippen LogP) is 1.72. The summed E-state index contributed by atoms with van der Waals surface area (Å²) in [6, 6.07) is 1.81. The fourth-order valence-corrected chi connectivity index (χ4v) is 3.83. The fourth-order valence-electron chi connectivity index (χ4n) is 1.57. The first kappa shape index (κ1) is 13.9. The average Bonchev–Trinajstić information content (AvgIpc) is 2.64. The van der Waals surface area contributed by atoms with E-state index in [1.54, 1.807) is 0 Å². The molecular weight excluding hydrogens is 330 g/mol. The van der Waals surface area contributed by atoms with Crippen molar-refractivity contribution in [3.05, 3.63) is 34.1 Å². The summed E-state index contributed by atoms with van der Waals surface area (Å²) < 4.78 is 39.0. The summed E-state index contributed by atoms with van der Waals surface area (Å²) in [5, 5.41) is 9.01. The number of rotatable bonds is 2. The third-order valence-electron chi connectivity index (χ3n) is 2.65. The number of halogens is 3. The Labute approximate surface area is 111 Å². The van der Waals surface area contributed by atoms with Gasteiger partial charge in [0.25, 0.3) is 0 Å². The molecule has 0 amide bonds. The van der Waals surface area contributed by atoms with Crippen LogP contribution >= 0.6 is 0 Å². The van der Waals surface area contributed by atoms with E-state index >= 15 is 0 Å². The van der Waals surface area contributed by atoms with Crippen molar-refractivity contribution in [2.75, 3.05) is 0 Å². The van der Waals surface area contributed by atoms with Crippen LogP contribution in [0.3, 0.4) is 0 Å². The zero-order valence-electron chi connectivity index (χ0n) is 9.56. The van der Waals surface area contributed by atoms with Gasteiger partial charge in [0.15, 0.2) is 0 Å². The van der Waals surface area contributed by atoms with Gasteiger partial charge in [-0.25, -0.2) is 0 Å². The van der Waals surface area contributed by atoms with E-state index in [4.69, 9.17) is 5.11 Å². The average molecular weight is 338 g/mol. The first-order chi connectivity index (χ1) is 8.71. The molecule has 1 N–H and O–H groups in total. The summed E-state index contributed by atoms with van der Waals surface area (Å²) >= 11 is -0.745. The zero-order valence-corrected chi connectivity index (χ0v) is 11.3. The van der Waals surface area contributed by atoms with Gasteiger partial charge in [-0.15, -0.1) is 0 Å². The summed E-state index contributed by atoms with van der Waals surface area (Å²) in [6.07, 6.45) is -4.47. The summed E-state index contributed by atoms with van der Waals surface area (Å²) in [5.74, 6) is -1.18. The second-order valence-electron chi connectivity index (χ2n) is 3.95. The Morgan fingerprint density at radius 1 is 1.42 bits per heavy atom. The molecule has 0 aliphatic carbocycles. The van der Waals surface area contributed by atoms with Crippen LogP contribution in [-0.2, 0) is 11.0 Å². The monoisotopic (exact) mass is 339 g/mol. The standard InChI is InChI=1S/C11H8F3NO3Se/c1-5(10(17)18)15-9(16)7-3-2-6(11(12,13)14)4-8(7)19-15/h2-5H,1H3,(H,17,18)/t5-/m0/s1. The maximum absolute atomic E-state index is 12.6. The molecule has 0 unspecified atom stereocenters. The Hall–Kier alpha value is -1.53. The molecular formula is C11H8F3NO3Se. The van der Waals surface area contributed by atoms with Crippen LogP contribution in [0.4, 0.5) is 13.2 Å². The molecule has 0 bridgehead atoms. The molecule has 0 aliphatic rings. The molecule has 1 heterocycles. The Morgan fingerprint density at radius 3 is 2.58 bits per heavy atom. The van der Waals surface area contributed by atoms with Crippen molar-refractivity contribution in [2.24, 2.45) is 0 Å². The minimum absolute atomic E-state index is 0.154. The topological polar surface area (TPSA) is 59.3 Å². The molecule has 0 saturated carbocycles. The molecule has 1 aromatic carbocycles. The van der Waals surface area contributed by atoms with Crippen molar-refractivity contribution in [1.29, 1.82) is 0 Å². The van der Waals surface area contributed by atoms with Gasteiger partial charge < -0.3 is 0 Å². The number of fused-ring (bicyclic) bond motifs is 1. The number of hydrogen-bond acceptors (Lipinski definition) is 2. The van der Waals surface area contributed by atoms with E-state index in [0.717, 1.165) is 21.8 Å². The van der Waals surface area contributed by atoms with Gasteiger partial charge in [-0.2, -0.15) is 0 Å². The normalized spacial score (nSPS) is 13.7. The number of benzene rings is 1. The SMILES string of the molecule is C[C@@H](C(=O)O)n1[se]c2cc(C(F)(F)F)ccc2c1=O. The van der Waals surface area contributed by atoms with Gasteiger partial charge in [0.2, 0.25) is 0 Å². The summed E-state index contributed by atoms with van der Waals surface area (Å²) in [6.45, 7) is 1.33. The summed E-state index contributed by atoms with van der Waals surface area (Å²) in [7, 11) is 0. The van der Waals surface area contributed by atoms with Crippen LogP contribution in [0.5, 0.6) is 0 Å². The van der Waals surface area contributed by atoms with E-state index in [9.17, 15) is 22.8 Å². The summed E-state index contributed by atoms with van der Waals surface area (Å²) in [5.41, 5.74) is -1.36. The Bertz CT molecular complexity index is 701. The number of carbonyl (C=O) groups is 1. The van der Waals surface area contributed by atoms with Gasteiger partial charge >= 0.3 is 110 Å². The van der Waals surface area contributed by atoms with Gasteiger partial charge in [0.1, 0.15) is 0 Å². The van der Waals surface area contributed by atoms with Crippen LogP contribution in [-0.4, -0.2) is 29.4 Å². The Morgan fingerprint density at radius 2 is 2.05 bits per heavy atom. The number of carboxylic acid groups (broad SMARTS) is 1. The third kappa shape index (κ3) is 2.46. The van der Waals surface area contributed by atoms with Crippen LogP contribution in [0.25, 0.3) is 9.65 Å². The number of alkyl halides is 3. The molecule has 1 aromatic heterocycles. The number of aliphatic carboxylic acids is 1. The van der Waals surface area contributed by atoms with Crippen LogP contribution in [0.1, 0.15) is 18.5 Å². The zero-order chi connectivity index (χ0) is 14.4. The second kappa shape index (κ2) is 4.54. The van der Waals surface area contributed by atoms with Crippen LogP contribution in [0, 0.1) is 0 Å². The molecule has 0 radical (unpaired) electrons. The van der Waals surface area contributed by atoms with Crippen molar-refractivity contribution in [2.45, 2.75) is 19.1 Å². The quantitative estimate of drug-likeness (QED) is 0.849. The van der Waals surface area contributed by atoms with Gasteiger partial charge in [-0.3, -0.25) is 0 Å². The molecule has 2 rings (SSSR count). The number of hydrogen-bond donors (Lipinski definition) is 1. The van der Waals surface area contributed by atoms with E-state index in [1.807, 2.05) is 0 Å². The van der Waals surface area contributed by atoms with Crippen LogP contribution in [0.15, 0.2) is 23.0 Å². The van der Waals surface area contributed by atoms with E-state index in [-0.39, 0.29) is 9.65 Å². The molecule has 0 saturated heterocycles. The fraction of sp³-hybridized carbons (Fsp3) is 0.273. The van der Waals surface area contributed by atoms with E-state index in [1.165, 1.54) is 6.92 Å². The first-order valence-corrected chi connectivity index (χ1v) is 6.79. The van der Waals surface area contributed by atoms with Crippen molar-refractivity contribution < 1.29 is 23.1 Å². The van der Waals surface area contributed by atoms with Gasteiger partial charge in [-0.05, 0) is 0 Å². The maximum atomic E-state index is 12.6. The molecule has 0 spiro atoms. The van der Waals surface area contributed by atoms with Crippen molar-refractivity contribution >= 4 is 30.3 Å². The first-order valence-electron chi connectivity index (χ1n) is 5.17. The molecule has 19 heavy (non-hydrogen) atoms. The molecule has 0 aliphatic heterocycles. The third-order valence-corrected chi connectivity index (χ3v) is 5.19. The van der Waals surface area contributed by atoms with Crippen LogP contribution < -0.4 is 5.56 Å². The summed E-state index contributed by atoms with van der Waals surface area (Å²) in [4.78, 5) is 22.7. The van der Waals surface area contributed by atoms with Crippen molar-refractivity contribution in [3.63, 3.8) is 0 Å².